The summed E-state index contributed by atoms with van der Waals surface area (Å²) in [5.74, 6) is 1.15. The van der Waals surface area contributed by atoms with Crippen LogP contribution in [0.25, 0.3) is 11.4 Å². The number of nitrogens with zero attached hydrogens (tertiary/aromatic N) is 2. The van der Waals surface area contributed by atoms with Gasteiger partial charge in [-0.25, -0.2) is 9.97 Å². The van der Waals surface area contributed by atoms with E-state index in [0.717, 1.165) is 17.1 Å². The van der Waals surface area contributed by atoms with Gasteiger partial charge >= 0.3 is 0 Å². The van der Waals surface area contributed by atoms with E-state index in [4.69, 9.17) is 4.42 Å². The van der Waals surface area contributed by atoms with Gasteiger partial charge in [-0.1, -0.05) is 13.8 Å². The number of furan rings is 1. The smallest absolute Gasteiger partial charge is 0.162 e. The zero-order valence-electron chi connectivity index (χ0n) is 8.27. The molecule has 0 spiro atoms. The van der Waals surface area contributed by atoms with Gasteiger partial charge in [0.05, 0.1) is 11.8 Å². The standard InChI is InChI=1S/C11H12N2O/c1-8(2)10-3-5-12-11(13-10)9-4-6-14-7-9/h3-8H,1-2H3. The van der Waals surface area contributed by atoms with Crippen molar-refractivity contribution >= 4 is 0 Å². The van der Waals surface area contributed by atoms with Crippen LogP contribution in [0.4, 0.5) is 0 Å². The van der Waals surface area contributed by atoms with Crippen LogP contribution in [0.5, 0.6) is 0 Å². The second kappa shape index (κ2) is 3.62. The number of hydrogen-bond donors (Lipinski definition) is 0. The van der Waals surface area contributed by atoms with E-state index in [1.54, 1.807) is 18.7 Å². The first-order valence-corrected chi connectivity index (χ1v) is 4.63. The van der Waals surface area contributed by atoms with Crippen molar-refractivity contribution in [3.63, 3.8) is 0 Å². The van der Waals surface area contributed by atoms with E-state index in [1.165, 1.54) is 0 Å². The van der Waals surface area contributed by atoms with Gasteiger partial charge in [-0.2, -0.15) is 0 Å². The Kier molecular flexibility index (Phi) is 2.31. The molecular formula is C11H12N2O. The molecule has 0 aromatic carbocycles. The van der Waals surface area contributed by atoms with Gasteiger partial charge in [0, 0.05) is 11.9 Å². The fourth-order valence-corrected chi connectivity index (χ4v) is 1.22. The summed E-state index contributed by atoms with van der Waals surface area (Å²) >= 11 is 0. The summed E-state index contributed by atoms with van der Waals surface area (Å²) in [6, 6.07) is 3.80. The minimum Gasteiger partial charge on any atom is -0.472 e. The molecular weight excluding hydrogens is 176 g/mol. The van der Waals surface area contributed by atoms with E-state index in [-0.39, 0.29) is 0 Å². The van der Waals surface area contributed by atoms with Crippen molar-refractivity contribution in [1.29, 1.82) is 0 Å². The maximum atomic E-state index is 4.99. The highest BCUT2D eigenvalue weighted by Crippen LogP contribution is 2.17. The molecule has 0 aliphatic carbocycles. The van der Waals surface area contributed by atoms with E-state index in [1.807, 2.05) is 12.1 Å². The summed E-state index contributed by atoms with van der Waals surface area (Å²) in [5, 5.41) is 0. The van der Waals surface area contributed by atoms with Crippen molar-refractivity contribution in [1.82, 2.24) is 9.97 Å². The van der Waals surface area contributed by atoms with Crippen LogP contribution in [0.3, 0.4) is 0 Å². The second-order valence-electron chi connectivity index (χ2n) is 3.47. The van der Waals surface area contributed by atoms with Crippen LogP contribution < -0.4 is 0 Å². The topological polar surface area (TPSA) is 38.9 Å². The van der Waals surface area contributed by atoms with Crippen LogP contribution in [0.15, 0.2) is 35.3 Å². The van der Waals surface area contributed by atoms with Crippen molar-refractivity contribution in [3.05, 3.63) is 36.5 Å². The zero-order chi connectivity index (χ0) is 9.97. The van der Waals surface area contributed by atoms with Gasteiger partial charge in [0.25, 0.3) is 0 Å². The monoisotopic (exact) mass is 188 g/mol. The highest BCUT2D eigenvalue weighted by atomic mass is 16.3. The van der Waals surface area contributed by atoms with Gasteiger partial charge in [0.1, 0.15) is 6.26 Å². The normalized spacial score (nSPS) is 10.8. The molecule has 3 nitrogen and oxygen atoms in total. The molecule has 2 heterocycles. The number of aromatic nitrogens is 2. The molecule has 0 aliphatic rings. The molecule has 0 atom stereocenters. The maximum Gasteiger partial charge on any atom is 0.162 e. The molecule has 14 heavy (non-hydrogen) atoms. The maximum absolute atomic E-state index is 4.99. The largest absolute Gasteiger partial charge is 0.472 e. The van der Waals surface area contributed by atoms with Gasteiger partial charge in [-0.05, 0) is 18.1 Å². The minimum atomic E-state index is 0.420. The highest BCUT2D eigenvalue weighted by Gasteiger charge is 2.05. The first-order valence-electron chi connectivity index (χ1n) is 4.63. The average Bonchev–Trinajstić information content (AvgIpc) is 2.71. The Morgan fingerprint density at radius 3 is 2.79 bits per heavy atom. The summed E-state index contributed by atoms with van der Waals surface area (Å²) in [4.78, 5) is 8.64. The Hall–Kier alpha value is -1.64. The van der Waals surface area contributed by atoms with Crippen LogP contribution in [0.2, 0.25) is 0 Å². The van der Waals surface area contributed by atoms with Gasteiger partial charge in [-0.3, -0.25) is 0 Å². The Balaban J connectivity index is 2.41. The van der Waals surface area contributed by atoms with Crippen LogP contribution in [-0.2, 0) is 0 Å². The van der Waals surface area contributed by atoms with Crippen LogP contribution >= 0.6 is 0 Å². The fraction of sp³-hybridized carbons (Fsp3) is 0.273. The molecule has 0 amide bonds. The van der Waals surface area contributed by atoms with E-state index in [2.05, 4.69) is 23.8 Å². The van der Waals surface area contributed by atoms with Crippen LogP contribution in [-0.4, -0.2) is 9.97 Å². The van der Waals surface area contributed by atoms with E-state index < -0.39 is 0 Å². The Labute approximate surface area is 82.8 Å². The first-order chi connectivity index (χ1) is 6.77. The predicted octanol–water partition coefficient (Wildman–Crippen LogP) is 2.86. The molecule has 0 saturated carbocycles. The molecule has 0 N–H and O–H groups in total. The highest BCUT2D eigenvalue weighted by molar-refractivity contribution is 5.52. The molecule has 0 bridgehead atoms. The lowest BCUT2D eigenvalue weighted by Gasteiger charge is -2.04. The molecule has 0 saturated heterocycles. The Bertz CT molecular complexity index is 407. The van der Waals surface area contributed by atoms with E-state index >= 15 is 0 Å². The lowest BCUT2D eigenvalue weighted by atomic mass is 10.1. The molecule has 72 valence electrons. The summed E-state index contributed by atoms with van der Waals surface area (Å²) in [6.45, 7) is 4.23. The summed E-state index contributed by atoms with van der Waals surface area (Å²) in [5.41, 5.74) is 1.98. The summed E-state index contributed by atoms with van der Waals surface area (Å²) < 4.78 is 4.99. The van der Waals surface area contributed by atoms with Gasteiger partial charge < -0.3 is 4.42 Å². The Morgan fingerprint density at radius 1 is 1.29 bits per heavy atom. The molecule has 2 rings (SSSR count). The molecule has 0 radical (unpaired) electrons. The Morgan fingerprint density at radius 2 is 2.14 bits per heavy atom. The third-order valence-corrected chi connectivity index (χ3v) is 2.05. The van der Waals surface area contributed by atoms with Crippen LogP contribution in [0.1, 0.15) is 25.5 Å². The summed E-state index contributed by atoms with van der Waals surface area (Å²) in [7, 11) is 0. The molecule has 2 aromatic heterocycles. The lowest BCUT2D eigenvalue weighted by Crippen LogP contribution is -1.95. The second-order valence-corrected chi connectivity index (χ2v) is 3.47. The predicted molar refractivity (Wildman–Crippen MR) is 53.8 cm³/mol. The molecule has 0 aliphatic heterocycles. The lowest BCUT2D eigenvalue weighted by molar-refractivity contribution is 0.568. The average molecular weight is 188 g/mol. The van der Waals surface area contributed by atoms with Crippen LogP contribution in [0, 0.1) is 0 Å². The van der Waals surface area contributed by atoms with Crippen molar-refractivity contribution in [2.75, 3.05) is 0 Å². The van der Waals surface area contributed by atoms with Gasteiger partial charge in [0.2, 0.25) is 0 Å². The first kappa shape index (κ1) is 8.94. The SMILES string of the molecule is CC(C)c1ccnc(-c2ccoc2)n1. The molecule has 2 aromatic rings. The fourth-order valence-electron chi connectivity index (χ4n) is 1.22. The number of hydrogen-bond acceptors (Lipinski definition) is 3. The van der Waals surface area contributed by atoms with E-state index in [9.17, 15) is 0 Å². The third-order valence-electron chi connectivity index (χ3n) is 2.05. The summed E-state index contributed by atoms with van der Waals surface area (Å²) in [6.07, 6.45) is 5.06. The van der Waals surface area contributed by atoms with E-state index in [0.29, 0.717) is 5.92 Å². The quantitative estimate of drug-likeness (QED) is 0.727. The minimum absolute atomic E-state index is 0.420. The molecule has 0 unspecified atom stereocenters. The molecule has 3 heteroatoms. The zero-order valence-corrected chi connectivity index (χ0v) is 8.27. The van der Waals surface area contributed by atoms with Crippen molar-refractivity contribution < 1.29 is 4.42 Å². The van der Waals surface area contributed by atoms with Gasteiger partial charge in [-0.15, -0.1) is 0 Å². The van der Waals surface area contributed by atoms with Gasteiger partial charge in [0.15, 0.2) is 5.82 Å². The third kappa shape index (κ3) is 1.66. The van der Waals surface area contributed by atoms with Crippen molar-refractivity contribution in [2.24, 2.45) is 0 Å². The number of rotatable bonds is 2. The molecule has 0 fully saturated rings. The van der Waals surface area contributed by atoms with Crippen molar-refractivity contribution in [2.45, 2.75) is 19.8 Å². The van der Waals surface area contributed by atoms with Crippen molar-refractivity contribution in [3.8, 4) is 11.4 Å².